The van der Waals surface area contributed by atoms with Gasteiger partial charge in [0.25, 0.3) is 15.9 Å². The van der Waals surface area contributed by atoms with Crippen molar-refractivity contribution in [2.24, 2.45) is 0 Å². The molecule has 24 heavy (non-hydrogen) atoms. The Morgan fingerprint density at radius 2 is 1.88 bits per heavy atom. The van der Waals surface area contributed by atoms with E-state index in [0.29, 0.717) is 17.3 Å². The molecule has 0 spiro atoms. The van der Waals surface area contributed by atoms with E-state index in [1.165, 1.54) is 21.8 Å². The quantitative estimate of drug-likeness (QED) is 0.740. The minimum Gasteiger partial charge on any atom is -0.335 e. The Morgan fingerprint density at radius 3 is 2.42 bits per heavy atom. The van der Waals surface area contributed by atoms with Crippen LogP contribution in [-0.2, 0) is 10.0 Å². The van der Waals surface area contributed by atoms with Crippen LogP contribution in [-0.4, -0.2) is 59.7 Å². The smallest absolute Gasteiger partial charge is 0.274 e. The van der Waals surface area contributed by atoms with Gasteiger partial charge in [0.1, 0.15) is 9.90 Å². The predicted molar refractivity (Wildman–Crippen MR) is 93.5 cm³/mol. The summed E-state index contributed by atoms with van der Waals surface area (Å²) in [6.07, 6.45) is 2.99. The number of halogens is 1. The number of hydrogen-bond donors (Lipinski definition) is 0. The lowest BCUT2D eigenvalue weighted by Gasteiger charge is -2.33. The fourth-order valence-electron chi connectivity index (χ4n) is 2.36. The number of amides is 1. The van der Waals surface area contributed by atoms with E-state index in [0.717, 1.165) is 9.48 Å². The van der Waals surface area contributed by atoms with Crippen LogP contribution in [0.5, 0.6) is 0 Å². The van der Waals surface area contributed by atoms with E-state index in [2.05, 4.69) is 25.9 Å². The number of piperazine rings is 1. The summed E-state index contributed by atoms with van der Waals surface area (Å²) in [4.78, 5) is 22.2. The van der Waals surface area contributed by atoms with Gasteiger partial charge < -0.3 is 4.90 Å². The molecule has 1 saturated heterocycles. The van der Waals surface area contributed by atoms with E-state index < -0.39 is 10.0 Å². The summed E-state index contributed by atoms with van der Waals surface area (Å²) in [6.45, 7) is 3.00. The molecule has 0 aromatic carbocycles. The van der Waals surface area contributed by atoms with Crippen molar-refractivity contribution in [2.75, 3.05) is 26.2 Å². The zero-order valence-electron chi connectivity index (χ0n) is 12.8. The third-order valence-corrected chi connectivity index (χ3v) is 7.66. The standard InChI is InChI=1S/C14H15BrN4O3S2/c1-10-8-17-11(9-16-10)14(20)18-4-6-19(7-5-18)24(21,22)13-3-2-12(15)23-13/h2-3,8-9H,4-7H2,1H3. The summed E-state index contributed by atoms with van der Waals surface area (Å²) in [6, 6.07) is 3.30. The van der Waals surface area contributed by atoms with Crippen LogP contribution < -0.4 is 0 Å². The van der Waals surface area contributed by atoms with Crippen molar-refractivity contribution in [1.29, 1.82) is 0 Å². The van der Waals surface area contributed by atoms with E-state index >= 15 is 0 Å². The molecule has 3 rings (SSSR count). The van der Waals surface area contributed by atoms with Gasteiger partial charge in [-0.25, -0.2) is 13.4 Å². The second kappa shape index (κ2) is 6.87. The molecular weight excluding hydrogens is 416 g/mol. The number of aromatic nitrogens is 2. The molecule has 1 fully saturated rings. The number of hydrogen-bond acceptors (Lipinski definition) is 6. The molecule has 0 saturated carbocycles. The van der Waals surface area contributed by atoms with Gasteiger partial charge in [-0.1, -0.05) is 0 Å². The largest absolute Gasteiger partial charge is 0.335 e. The Labute approximate surface area is 152 Å². The molecule has 0 N–H and O–H groups in total. The van der Waals surface area contributed by atoms with E-state index in [-0.39, 0.29) is 24.7 Å². The molecule has 0 bridgehead atoms. The Bertz CT molecular complexity index is 843. The number of rotatable bonds is 3. The third-order valence-electron chi connectivity index (χ3n) is 3.67. The average molecular weight is 431 g/mol. The van der Waals surface area contributed by atoms with Crippen molar-refractivity contribution in [1.82, 2.24) is 19.2 Å². The third kappa shape index (κ3) is 3.51. The van der Waals surface area contributed by atoms with Crippen LogP contribution in [0, 0.1) is 6.92 Å². The number of carbonyl (C=O) groups excluding carboxylic acids is 1. The lowest BCUT2D eigenvalue weighted by molar-refractivity contribution is 0.0691. The van der Waals surface area contributed by atoms with Crippen molar-refractivity contribution < 1.29 is 13.2 Å². The van der Waals surface area contributed by atoms with Gasteiger partial charge in [0.15, 0.2) is 0 Å². The van der Waals surface area contributed by atoms with Gasteiger partial charge in [-0.15, -0.1) is 11.3 Å². The molecule has 2 aromatic heterocycles. The van der Waals surface area contributed by atoms with E-state index in [1.807, 2.05) is 0 Å². The summed E-state index contributed by atoms with van der Waals surface area (Å²) in [5, 5.41) is 0. The highest BCUT2D eigenvalue weighted by Crippen LogP contribution is 2.29. The van der Waals surface area contributed by atoms with Crippen LogP contribution in [0.1, 0.15) is 16.2 Å². The number of carbonyl (C=O) groups is 1. The summed E-state index contributed by atoms with van der Waals surface area (Å²) in [5.74, 6) is -0.224. The van der Waals surface area contributed by atoms with Crippen molar-refractivity contribution in [3.05, 3.63) is 39.7 Å². The summed E-state index contributed by atoms with van der Waals surface area (Å²) < 4.78 is 27.6. The number of aryl methyl sites for hydroxylation is 1. The highest BCUT2D eigenvalue weighted by molar-refractivity contribution is 9.11. The lowest BCUT2D eigenvalue weighted by Crippen LogP contribution is -2.50. The minimum atomic E-state index is -3.50. The Kier molecular flexibility index (Phi) is 5.00. The molecule has 0 atom stereocenters. The first-order valence-electron chi connectivity index (χ1n) is 7.21. The molecule has 1 amide bonds. The molecule has 1 aliphatic heterocycles. The molecule has 10 heteroatoms. The summed E-state index contributed by atoms with van der Waals surface area (Å²) in [5.41, 5.74) is 1.02. The van der Waals surface area contributed by atoms with Crippen LogP contribution >= 0.6 is 27.3 Å². The van der Waals surface area contributed by atoms with Crippen molar-refractivity contribution >= 4 is 43.2 Å². The first kappa shape index (κ1) is 17.5. The van der Waals surface area contributed by atoms with Gasteiger partial charge in [-0.3, -0.25) is 9.78 Å². The number of nitrogens with zero attached hydrogens (tertiary/aromatic N) is 4. The molecule has 7 nitrogen and oxygen atoms in total. The van der Waals surface area contributed by atoms with Crippen LogP contribution in [0.15, 0.2) is 32.5 Å². The summed E-state index contributed by atoms with van der Waals surface area (Å²) in [7, 11) is -3.50. The second-order valence-corrected chi connectivity index (χ2v) is 9.93. The molecule has 128 valence electrons. The highest BCUT2D eigenvalue weighted by Gasteiger charge is 2.31. The first-order valence-corrected chi connectivity index (χ1v) is 10.3. The van der Waals surface area contributed by atoms with Gasteiger partial charge in [0, 0.05) is 32.4 Å². The summed E-state index contributed by atoms with van der Waals surface area (Å²) >= 11 is 4.46. The molecule has 0 aliphatic carbocycles. The topological polar surface area (TPSA) is 83.5 Å². The van der Waals surface area contributed by atoms with Gasteiger partial charge in [-0.2, -0.15) is 4.31 Å². The molecule has 3 heterocycles. The number of sulfonamides is 1. The zero-order valence-corrected chi connectivity index (χ0v) is 16.1. The van der Waals surface area contributed by atoms with Crippen LogP contribution in [0.3, 0.4) is 0 Å². The maximum atomic E-state index is 12.6. The van der Waals surface area contributed by atoms with Crippen LogP contribution in [0.2, 0.25) is 0 Å². The van der Waals surface area contributed by atoms with Gasteiger partial charge in [0.05, 0.1) is 15.7 Å². The maximum absolute atomic E-state index is 12.6. The van der Waals surface area contributed by atoms with E-state index in [9.17, 15) is 13.2 Å². The van der Waals surface area contributed by atoms with Gasteiger partial charge in [0.2, 0.25) is 0 Å². The van der Waals surface area contributed by atoms with Crippen LogP contribution in [0.25, 0.3) is 0 Å². The average Bonchev–Trinajstić information content (AvgIpc) is 3.02. The second-order valence-electron chi connectivity index (χ2n) is 5.30. The monoisotopic (exact) mass is 430 g/mol. The van der Waals surface area contributed by atoms with Gasteiger partial charge >= 0.3 is 0 Å². The van der Waals surface area contributed by atoms with Crippen LogP contribution in [0.4, 0.5) is 0 Å². The lowest BCUT2D eigenvalue weighted by atomic mass is 10.3. The fraction of sp³-hybridized carbons (Fsp3) is 0.357. The normalized spacial score (nSPS) is 16.3. The Hall–Kier alpha value is -1.36. The van der Waals surface area contributed by atoms with E-state index in [4.69, 9.17) is 0 Å². The molecule has 0 radical (unpaired) electrons. The fourth-order valence-corrected chi connectivity index (χ4v) is 5.95. The first-order chi connectivity index (χ1) is 11.4. The van der Waals surface area contributed by atoms with Crippen molar-refractivity contribution in [3.63, 3.8) is 0 Å². The van der Waals surface area contributed by atoms with Gasteiger partial charge in [-0.05, 0) is 35.0 Å². The Balaban J connectivity index is 1.67. The molecule has 0 unspecified atom stereocenters. The minimum absolute atomic E-state index is 0.224. The highest BCUT2D eigenvalue weighted by atomic mass is 79.9. The molecular formula is C14H15BrN4O3S2. The Morgan fingerprint density at radius 1 is 1.17 bits per heavy atom. The van der Waals surface area contributed by atoms with E-state index in [1.54, 1.807) is 30.2 Å². The zero-order chi connectivity index (χ0) is 17.3. The van der Waals surface area contributed by atoms with Crippen molar-refractivity contribution in [2.45, 2.75) is 11.1 Å². The maximum Gasteiger partial charge on any atom is 0.274 e. The molecule has 1 aliphatic rings. The predicted octanol–water partition coefficient (Wildman–Crippen LogP) is 1.76. The van der Waals surface area contributed by atoms with Crippen molar-refractivity contribution in [3.8, 4) is 0 Å². The SMILES string of the molecule is Cc1cnc(C(=O)N2CCN(S(=O)(=O)c3ccc(Br)s3)CC2)cn1. The molecule has 2 aromatic rings. The number of thiophene rings is 1.